The summed E-state index contributed by atoms with van der Waals surface area (Å²) in [6.07, 6.45) is 0. The highest BCUT2D eigenvalue weighted by Gasteiger charge is 2.22. The van der Waals surface area contributed by atoms with Gasteiger partial charge in [-0.05, 0) is 6.07 Å². The van der Waals surface area contributed by atoms with Crippen molar-refractivity contribution in [2.75, 3.05) is 31.2 Å². The molecule has 0 N–H and O–H groups in total. The molecule has 0 bridgehead atoms. The maximum atomic E-state index is 11.4. The normalized spacial score (nSPS) is 14.1. The van der Waals surface area contributed by atoms with E-state index in [-0.39, 0.29) is 11.4 Å². The molecule has 2 aromatic carbocycles. The van der Waals surface area contributed by atoms with Crippen LogP contribution in [0.4, 0.5) is 27.2 Å². The van der Waals surface area contributed by atoms with Crippen molar-refractivity contribution in [2.24, 2.45) is 10.2 Å². The van der Waals surface area contributed by atoms with Gasteiger partial charge in [0.05, 0.1) is 29.1 Å². The van der Waals surface area contributed by atoms with Gasteiger partial charge >= 0.3 is 5.69 Å². The summed E-state index contributed by atoms with van der Waals surface area (Å²) in [5.74, 6) is 0. The summed E-state index contributed by atoms with van der Waals surface area (Å²) in [5.41, 5.74) is 0.502. The van der Waals surface area contributed by atoms with Crippen molar-refractivity contribution < 1.29 is 14.6 Å². The van der Waals surface area contributed by atoms with Crippen LogP contribution in [0.15, 0.2) is 58.8 Å². The van der Waals surface area contributed by atoms with Gasteiger partial charge in [0.1, 0.15) is 5.69 Å². The summed E-state index contributed by atoms with van der Waals surface area (Å²) in [4.78, 5) is 27.7. The Morgan fingerprint density at radius 3 is 2.42 bits per heavy atom. The van der Waals surface area contributed by atoms with Gasteiger partial charge in [-0.1, -0.05) is 41.7 Å². The van der Waals surface area contributed by atoms with Gasteiger partial charge < -0.3 is 9.64 Å². The fourth-order valence-corrected chi connectivity index (χ4v) is 3.96. The number of hydrogen-bond acceptors (Lipinski definition) is 10. The van der Waals surface area contributed by atoms with E-state index in [0.717, 1.165) is 22.8 Å². The zero-order valence-corrected chi connectivity index (χ0v) is 16.9. The Bertz CT molecular complexity index is 1140. The maximum Gasteiger partial charge on any atom is 0.303 e. The van der Waals surface area contributed by atoms with Crippen molar-refractivity contribution in [1.29, 1.82) is 0 Å². The van der Waals surface area contributed by atoms with Crippen LogP contribution in [-0.4, -0.2) is 41.1 Å². The van der Waals surface area contributed by atoms with Crippen LogP contribution in [-0.2, 0) is 4.74 Å². The van der Waals surface area contributed by atoms with Crippen LogP contribution in [0, 0.1) is 20.2 Å². The number of thiazole rings is 1. The van der Waals surface area contributed by atoms with Crippen molar-refractivity contribution in [1.82, 2.24) is 4.98 Å². The molecule has 1 aliphatic heterocycles. The van der Waals surface area contributed by atoms with Crippen molar-refractivity contribution in [2.45, 2.75) is 0 Å². The average Bonchev–Trinajstić information content (AvgIpc) is 3.23. The largest absolute Gasteiger partial charge is 0.378 e. The van der Waals surface area contributed by atoms with E-state index in [2.05, 4.69) is 15.1 Å². The van der Waals surface area contributed by atoms with Crippen LogP contribution >= 0.6 is 11.3 Å². The predicted molar refractivity (Wildman–Crippen MR) is 115 cm³/mol. The first kappa shape index (κ1) is 20.5. The minimum absolute atomic E-state index is 0.0732. The second kappa shape index (κ2) is 8.93. The van der Waals surface area contributed by atoms with E-state index < -0.39 is 15.5 Å². The van der Waals surface area contributed by atoms with Crippen LogP contribution < -0.4 is 4.90 Å². The third kappa shape index (κ3) is 4.54. The standard InChI is InChI=1S/C19H16N6O5S/c26-24(27)14-6-7-15(16(12-14)25(28)29)21-22-18-17(13-4-2-1-3-5-13)20-19(31-18)23-8-10-30-11-9-23/h1-7,12H,8-11H2. The second-order valence-electron chi connectivity index (χ2n) is 6.50. The zero-order chi connectivity index (χ0) is 21.8. The molecule has 12 heteroatoms. The molecule has 4 rings (SSSR count). The molecule has 1 fully saturated rings. The number of nitrogens with zero attached hydrogens (tertiary/aromatic N) is 6. The van der Waals surface area contributed by atoms with Gasteiger partial charge in [-0.3, -0.25) is 20.2 Å². The molecule has 0 saturated carbocycles. The number of nitro groups is 2. The van der Waals surface area contributed by atoms with E-state index in [9.17, 15) is 20.2 Å². The van der Waals surface area contributed by atoms with Crippen molar-refractivity contribution in [3.05, 3.63) is 68.8 Å². The average molecular weight is 440 g/mol. The molecule has 0 atom stereocenters. The zero-order valence-electron chi connectivity index (χ0n) is 16.1. The quantitative estimate of drug-likeness (QED) is 0.303. The van der Waals surface area contributed by atoms with Crippen LogP contribution in [0.1, 0.15) is 0 Å². The smallest absolute Gasteiger partial charge is 0.303 e. The first-order valence-corrected chi connectivity index (χ1v) is 10.1. The molecule has 0 radical (unpaired) electrons. The predicted octanol–water partition coefficient (Wildman–Crippen LogP) is 4.88. The Kier molecular flexibility index (Phi) is 5.91. The van der Waals surface area contributed by atoms with Gasteiger partial charge in [0.25, 0.3) is 5.69 Å². The lowest BCUT2D eigenvalue weighted by Crippen LogP contribution is -2.36. The fraction of sp³-hybridized carbons (Fsp3) is 0.211. The van der Waals surface area contributed by atoms with E-state index in [1.165, 1.54) is 17.4 Å². The van der Waals surface area contributed by atoms with Crippen LogP contribution in [0.5, 0.6) is 0 Å². The van der Waals surface area contributed by atoms with Crippen molar-refractivity contribution in [3.8, 4) is 11.3 Å². The molecule has 2 heterocycles. The summed E-state index contributed by atoms with van der Waals surface area (Å²) in [7, 11) is 0. The Morgan fingerprint density at radius 2 is 1.74 bits per heavy atom. The number of ether oxygens (including phenoxy) is 1. The maximum absolute atomic E-state index is 11.4. The SMILES string of the molecule is O=[N+]([O-])c1ccc(N=Nc2sc(N3CCOCC3)nc2-c2ccccc2)c([N+](=O)[O-])c1. The van der Waals surface area contributed by atoms with E-state index in [4.69, 9.17) is 9.72 Å². The van der Waals surface area contributed by atoms with E-state index >= 15 is 0 Å². The molecular formula is C19H16N6O5S. The highest BCUT2D eigenvalue weighted by molar-refractivity contribution is 7.19. The number of benzene rings is 2. The third-order valence-electron chi connectivity index (χ3n) is 4.54. The minimum atomic E-state index is -0.717. The first-order chi connectivity index (χ1) is 15.0. The lowest BCUT2D eigenvalue weighted by molar-refractivity contribution is -0.393. The lowest BCUT2D eigenvalue weighted by atomic mass is 10.2. The molecule has 1 saturated heterocycles. The summed E-state index contributed by atoms with van der Waals surface area (Å²) in [6.45, 7) is 2.61. The first-order valence-electron chi connectivity index (χ1n) is 9.26. The summed E-state index contributed by atoms with van der Waals surface area (Å²) < 4.78 is 5.39. The number of hydrogen-bond donors (Lipinski definition) is 0. The molecule has 0 unspecified atom stereocenters. The Morgan fingerprint density at radius 1 is 1.00 bits per heavy atom. The molecular weight excluding hydrogens is 424 g/mol. The number of nitro benzene ring substituents is 2. The van der Waals surface area contributed by atoms with E-state index in [0.29, 0.717) is 37.0 Å². The van der Waals surface area contributed by atoms with Crippen molar-refractivity contribution >= 4 is 38.5 Å². The van der Waals surface area contributed by atoms with Gasteiger partial charge in [0.2, 0.25) is 0 Å². The molecule has 1 aromatic heterocycles. The molecule has 11 nitrogen and oxygen atoms in total. The number of anilines is 1. The molecule has 0 spiro atoms. The number of rotatable bonds is 6. The molecule has 0 amide bonds. The Labute approximate surface area is 179 Å². The number of morpholine rings is 1. The Balaban J connectivity index is 1.73. The summed E-state index contributed by atoms with van der Waals surface area (Å²) >= 11 is 1.32. The summed E-state index contributed by atoms with van der Waals surface area (Å²) in [6, 6.07) is 12.7. The minimum Gasteiger partial charge on any atom is -0.378 e. The van der Waals surface area contributed by atoms with Gasteiger partial charge in [0.15, 0.2) is 15.8 Å². The molecule has 3 aromatic rings. The number of azo groups is 1. The lowest BCUT2D eigenvalue weighted by Gasteiger charge is -2.25. The van der Waals surface area contributed by atoms with E-state index in [1.807, 2.05) is 30.3 Å². The highest BCUT2D eigenvalue weighted by Crippen LogP contribution is 2.41. The molecule has 1 aliphatic rings. The number of aromatic nitrogens is 1. The van der Waals surface area contributed by atoms with Gasteiger partial charge in [-0.25, -0.2) is 4.98 Å². The topological polar surface area (TPSA) is 136 Å². The molecule has 31 heavy (non-hydrogen) atoms. The van der Waals surface area contributed by atoms with E-state index in [1.54, 1.807) is 0 Å². The monoisotopic (exact) mass is 440 g/mol. The van der Waals surface area contributed by atoms with Crippen LogP contribution in [0.25, 0.3) is 11.3 Å². The molecule has 0 aliphatic carbocycles. The fourth-order valence-electron chi connectivity index (χ4n) is 3.00. The number of non-ortho nitro benzene ring substituents is 1. The Hall–Kier alpha value is -3.77. The second-order valence-corrected chi connectivity index (χ2v) is 7.46. The van der Waals surface area contributed by atoms with Crippen LogP contribution in [0.3, 0.4) is 0 Å². The van der Waals surface area contributed by atoms with Crippen molar-refractivity contribution in [3.63, 3.8) is 0 Å². The van der Waals surface area contributed by atoms with Gasteiger partial charge in [0, 0.05) is 24.7 Å². The van der Waals surface area contributed by atoms with Gasteiger partial charge in [-0.15, -0.1) is 10.2 Å². The van der Waals surface area contributed by atoms with Crippen LogP contribution in [0.2, 0.25) is 0 Å². The summed E-state index contributed by atoms with van der Waals surface area (Å²) in [5, 5.41) is 31.8. The third-order valence-corrected chi connectivity index (χ3v) is 5.54. The molecule has 158 valence electrons. The van der Waals surface area contributed by atoms with Gasteiger partial charge in [-0.2, -0.15) is 0 Å². The highest BCUT2D eigenvalue weighted by atomic mass is 32.1.